The van der Waals surface area contributed by atoms with Gasteiger partial charge in [0.1, 0.15) is 12.2 Å². The van der Waals surface area contributed by atoms with E-state index in [1.807, 2.05) is 6.92 Å². The molecular formula is C17H16Cl2N2O3. The average molecular weight is 367 g/mol. The number of hydrogen-bond donors (Lipinski definition) is 2. The first-order valence-electron chi connectivity index (χ1n) is 7.25. The van der Waals surface area contributed by atoms with Gasteiger partial charge in [0.25, 0.3) is 0 Å². The number of benzene rings is 2. The third-order valence-corrected chi connectivity index (χ3v) is 3.71. The van der Waals surface area contributed by atoms with Crippen LogP contribution in [0.15, 0.2) is 42.5 Å². The van der Waals surface area contributed by atoms with Crippen LogP contribution in [0.25, 0.3) is 0 Å². The van der Waals surface area contributed by atoms with Crippen molar-refractivity contribution in [2.45, 2.75) is 13.3 Å². The summed E-state index contributed by atoms with van der Waals surface area (Å²) in [5.41, 5.74) is 1.06. The average Bonchev–Trinajstić information content (AvgIpc) is 2.53. The summed E-state index contributed by atoms with van der Waals surface area (Å²) < 4.78 is 5.32. The summed E-state index contributed by atoms with van der Waals surface area (Å²) in [6, 6.07) is 11.6. The van der Waals surface area contributed by atoms with Crippen molar-refractivity contribution in [1.29, 1.82) is 0 Å². The van der Waals surface area contributed by atoms with Gasteiger partial charge in [-0.25, -0.2) is 0 Å². The van der Waals surface area contributed by atoms with Crippen molar-refractivity contribution in [2.75, 3.05) is 17.2 Å². The summed E-state index contributed by atoms with van der Waals surface area (Å²) in [6.07, 6.45) is -0.312. The number of ether oxygens (including phenoxy) is 1. The lowest BCUT2D eigenvalue weighted by atomic mass is 10.2. The normalized spacial score (nSPS) is 10.1. The third-order valence-electron chi connectivity index (χ3n) is 2.97. The van der Waals surface area contributed by atoms with Crippen molar-refractivity contribution in [3.8, 4) is 5.75 Å². The van der Waals surface area contributed by atoms with E-state index in [0.717, 1.165) is 0 Å². The van der Waals surface area contributed by atoms with Gasteiger partial charge in [-0.2, -0.15) is 0 Å². The van der Waals surface area contributed by atoms with Gasteiger partial charge in [-0.15, -0.1) is 0 Å². The molecule has 2 amide bonds. The zero-order chi connectivity index (χ0) is 17.5. The predicted molar refractivity (Wildman–Crippen MR) is 95.9 cm³/mol. The number of carbonyl (C=O) groups is 2. The Morgan fingerprint density at radius 3 is 2.08 bits per heavy atom. The molecule has 0 fully saturated rings. The molecule has 5 nitrogen and oxygen atoms in total. The Kier molecular flexibility index (Phi) is 6.46. The van der Waals surface area contributed by atoms with E-state index in [2.05, 4.69) is 10.6 Å². The SMILES string of the molecule is CCOc1ccc(NC(=O)CC(=O)Nc2ccc(Cl)c(Cl)c2)cc1. The number of rotatable bonds is 6. The van der Waals surface area contributed by atoms with E-state index in [0.29, 0.717) is 33.8 Å². The molecule has 2 aromatic rings. The van der Waals surface area contributed by atoms with Crippen LogP contribution in [-0.2, 0) is 9.59 Å². The fraction of sp³-hybridized carbons (Fsp3) is 0.176. The number of halogens is 2. The highest BCUT2D eigenvalue weighted by Crippen LogP contribution is 2.25. The van der Waals surface area contributed by atoms with Crippen LogP contribution >= 0.6 is 23.2 Å². The van der Waals surface area contributed by atoms with Crippen LogP contribution in [0.2, 0.25) is 10.0 Å². The van der Waals surface area contributed by atoms with E-state index in [1.165, 1.54) is 6.07 Å². The highest BCUT2D eigenvalue weighted by Gasteiger charge is 2.11. The first-order valence-corrected chi connectivity index (χ1v) is 8.01. The number of carbonyl (C=O) groups excluding carboxylic acids is 2. The lowest BCUT2D eigenvalue weighted by molar-refractivity contribution is -0.123. The fourth-order valence-electron chi connectivity index (χ4n) is 1.93. The molecule has 2 N–H and O–H groups in total. The maximum atomic E-state index is 11.9. The highest BCUT2D eigenvalue weighted by molar-refractivity contribution is 6.42. The van der Waals surface area contributed by atoms with Gasteiger partial charge in [0.15, 0.2) is 0 Å². The van der Waals surface area contributed by atoms with Crippen LogP contribution < -0.4 is 15.4 Å². The van der Waals surface area contributed by atoms with E-state index in [4.69, 9.17) is 27.9 Å². The van der Waals surface area contributed by atoms with Crippen LogP contribution in [-0.4, -0.2) is 18.4 Å². The topological polar surface area (TPSA) is 67.4 Å². The van der Waals surface area contributed by atoms with E-state index >= 15 is 0 Å². The quantitative estimate of drug-likeness (QED) is 0.746. The minimum Gasteiger partial charge on any atom is -0.494 e. The molecule has 7 heteroatoms. The van der Waals surface area contributed by atoms with E-state index in [-0.39, 0.29) is 6.42 Å². The van der Waals surface area contributed by atoms with Crippen LogP contribution in [0.1, 0.15) is 13.3 Å². The molecule has 0 atom stereocenters. The molecule has 0 spiro atoms. The van der Waals surface area contributed by atoms with Gasteiger partial charge in [0.2, 0.25) is 11.8 Å². The second-order valence-corrected chi connectivity index (χ2v) is 5.67. The molecular weight excluding hydrogens is 351 g/mol. The van der Waals surface area contributed by atoms with Gasteiger partial charge in [-0.05, 0) is 49.4 Å². The van der Waals surface area contributed by atoms with Crippen molar-refractivity contribution >= 4 is 46.4 Å². The molecule has 0 radical (unpaired) electrons. The smallest absolute Gasteiger partial charge is 0.233 e. The Morgan fingerprint density at radius 1 is 0.917 bits per heavy atom. The van der Waals surface area contributed by atoms with Crippen LogP contribution in [0.3, 0.4) is 0 Å². The minimum absolute atomic E-state index is 0.312. The minimum atomic E-state index is -0.447. The maximum absolute atomic E-state index is 11.9. The summed E-state index contributed by atoms with van der Waals surface area (Å²) in [5, 5.41) is 5.95. The Bertz CT molecular complexity index is 733. The molecule has 0 saturated heterocycles. The van der Waals surface area contributed by atoms with Crippen LogP contribution in [0.5, 0.6) is 5.75 Å². The van der Waals surface area contributed by atoms with Crippen LogP contribution in [0, 0.1) is 0 Å². The zero-order valence-corrected chi connectivity index (χ0v) is 14.4. The Labute approximate surface area is 149 Å². The van der Waals surface area contributed by atoms with Gasteiger partial charge < -0.3 is 15.4 Å². The molecule has 0 bridgehead atoms. The number of amides is 2. The largest absolute Gasteiger partial charge is 0.494 e. The van der Waals surface area contributed by atoms with Gasteiger partial charge in [-0.3, -0.25) is 9.59 Å². The second kappa shape index (κ2) is 8.57. The summed E-state index contributed by atoms with van der Waals surface area (Å²) in [6.45, 7) is 2.46. The van der Waals surface area contributed by atoms with Gasteiger partial charge in [-0.1, -0.05) is 23.2 Å². The van der Waals surface area contributed by atoms with E-state index in [9.17, 15) is 9.59 Å². The molecule has 2 rings (SSSR count). The summed E-state index contributed by atoms with van der Waals surface area (Å²) in [7, 11) is 0. The molecule has 0 aromatic heterocycles. The maximum Gasteiger partial charge on any atom is 0.233 e. The molecule has 0 aliphatic rings. The van der Waals surface area contributed by atoms with Crippen molar-refractivity contribution in [3.63, 3.8) is 0 Å². The standard InChI is InChI=1S/C17H16Cl2N2O3/c1-2-24-13-6-3-11(4-7-13)20-16(22)10-17(23)21-12-5-8-14(18)15(19)9-12/h3-9H,2,10H2,1H3,(H,20,22)(H,21,23). The van der Waals surface area contributed by atoms with E-state index < -0.39 is 11.8 Å². The van der Waals surface area contributed by atoms with Gasteiger partial charge >= 0.3 is 0 Å². The zero-order valence-electron chi connectivity index (χ0n) is 12.9. The lowest BCUT2D eigenvalue weighted by Crippen LogP contribution is -2.21. The van der Waals surface area contributed by atoms with Crippen LogP contribution in [0.4, 0.5) is 11.4 Å². The molecule has 0 heterocycles. The van der Waals surface area contributed by atoms with Crippen molar-refractivity contribution in [1.82, 2.24) is 0 Å². The lowest BCUT2D eigenvalue weighted by Gasteiger charge is -2.08. The Morgan fingerprint density at radius 2 is 1.50 bits per heavy atom. The molecule has 126 valence electrons. The summed E-state index contributed by atoms with van der Waals surface area (Å²) in [4.78, 5) is 23.8. The third kappa shape index (κ3) is 5.44. The molecule has 0 aliphatic carbocycles. The number of hydrogen-bond acceptors (Lipinski definition) is 3. The fourth-order valence-corrected chi connectivity index (χ4v) is 2.23. The number of anilines is 2. The Hall–Kier alpha value is -2.24. The monoisotopic (exact) mass is 366 g/mol. The molecule has 0 aliphatic heterocycles. The predicted octanol–water partition coefficient (Wildman–Crippen LogP) is 4.36. The highest BCUT2D eigenvalue weighted by atomic mass is 35.5. The molecule has 24 heavy (non-hydrogen) atoms. The molecule has 0 saturated carbocycles. The van der Waals surface area contributed by atoms with Gasteiger partial charge in [0, 0.05) is 11.4 Å². The Balaban J connectivity index is 1.86. The molecule has 2 aromatic carbocycles. The summed E-state index contributed by atoms with van der Waals surface area (Å²) in [5.74, 6) is -0.151. The van der Waals surface area contributed by atoms with Crippen molar-refractivity contribution in [2.24, 2.45) is 0 Å². The summed E-state index contributed by atoms with van der Waals surface area (Å²) >= 11 is 11.7. The first kappa shape index (κ1) is 18.1. The molecule has 0 unspecified atom stereocenters. The number of nitrogens with one attached hydrogen (secondary N) is 2. The first-order chi connectivity index (χ1) is 11.5. The second-order valence-electron chi connectivity index (χ2n) is 4.86. The van der Waals surface area contributed by atoms with Gasteiger partial charge in [0.05, 0.1) is 16.7 Å². The van der Waals surface area contributed by atoms with E-state index in [1.54, 1.807) is 36.4 Å². The van der Waals surface area contributed by atoms with Crippen molar-refractivity contribution < 1.29 is 14.3 Å². The van der Waals surface area contributed by atoms with Crippen molar-refractivity contribution in [3.05, 3.63) is 52.5 Å².